The lowest BCUT2D eigenvalue weighted by molar-refractivity contribution is -0.124. The summed E-state index contributed by atoms with van der Waals surface area (Å²) in [5.74, 6) is 1.53. The molecule has 0 bridgehead atoms. The fourth-order valence-corrected chi connectivity index (χ4v) is 3.16. The number of nitrogens with one attached hydrogen (secondary N) is 3. The molecule has 3 N–H and O–H groups in total. The van der Waals surface area contributed by atoms with Crippen molar-refractivity contribution >= 4 is 17.6 Å². The quantitative estimate of drug-likeness (QED) is 0.336. The maximum Gasteiger partial charge on any atom is 0.253 e. The minimum atomic E-state index is -0.333. The van der Waals surface area contributed by atoms with Crippen molar-refractivity contribution < 1.29 is 14.3 Å². The van der Waals surface area contributed by atoms with Crippen molar-refractivity contribution in [1.82, 2.24) is 10.6 Å². The Hall–Kier alpha value is -3.06. The Morgan fingerprint density at radius 1 is 1.17 bits per heavy atom. The summed E-state index contributed by atoms with van der Waals surface area (Å²) >= 11 is 0. The van der Waals surface area contributed by atoms with Gasteiger partial charge in [-0.3, -0.25) is 9.79 Å². The fraction of sp³-hybridized carbons (Fsp3) is 0.391. The highest BCUT2D eigenvalue weighted by Gasteiger charge is 2.23. The predicted octanol–water partition coefficient (Wildman–Crippen LogP) is 2.94. The molecular weight excluding hydrogens is 380 g/mol. The van der Waals surface area contributed by atoms with E-state index in [1.54, 1.807) is 7.05 Å². The summed E-state index contributed by atoms with van der Waals surface area (Å²) < 4.78 is 11.1. The summed E-state index contributed by atoms with van der Waals surface area (Å²) in [5, 5.41) is 9.51. The molecule has 1 fully saturated rings. The number of aliphatic imine (C=N–C) groups is 1. The molecule has 7 heteroatoms. The summed E-state index contributed by atoms with van der Waals surface area (Å²) in [7, 11) is 1.74. The van der Waals surface area contributed by atoms with E-state index >= 15 is 0 Å². The smallest absolute Gasteiger partial charge is 0.253 e. The highest BCUT2D eigenvalue weighted by atomic mass is 16.5. The van der Waals surface area contributed by atoms with Crippen LogP contribution >= 0.6 is 0 Å². The third-order valence-corrected chi connectivity index (χ3v) is 4.73. The highest BCUT2D eigenvalue weighted by Crippen LogP contribution is 2.16. The van der Waals surface area contributed by atoms with E-state index in [1.807, 2.05) is 54.6 Å². The number of hydrogen-bond acceptors (Lipinski definition) is 4. The molecule has 2 aromatic rings. The van der Waals surface area contributed by atoms with Crippen LogP contribution in [0.1, 0.15) is 24.8 Å². The molecule has 1 saturated heterocycles. The molecule has 160 valence electrons. The number of ether oxygens (including phenoxy) is 2. The summed E-state index contributed by atoms with van der Waals surface area (Å²) in [4.78, 5) is 16.5. The lowest BCUT2D eigenvalue weighted by Crippen LogP contribution is -2.37. The van der Waals surface area contributed by atoms with E-state index in [0.717, 1.165) is 48.8 Å². The van der Waals surface area contributed by atoms with Gasteiger partial charge in [0, 0.05) is 32.4 Å². The van der Waals surface area contributed by atoms with Crippen LogP contribution in [0.2, 0.25) is 0 Å². The molecule has 3 rings (SSSR count). The number of nitrogens with zero attached hydrogens (tertiary/aromatic N) is 1. The van der Waals surface area contributed by atoms with Gasteiger partial charge >= 0.3 is 0 Å². The molecule has 1 aliphatic heterocycles. The molecule has 1 atom stereocenters. The summed E-state index contributed by atoms with van der Waals surface area (Å²) in [6.45, 7) is 2.65. The largest absolute Gasteiger partial charge is 0.494 e. The zero-order chi connectivity index (χ0) is 21.0. The Kier molecular flexibility index (Phi) is 8.53. The first kappa shape index (κ1) is 21.6. The number of anilines is 1. The van der Waals surface area contributed by atoms with Crippen molar-refractivity contribution in [2.24, 2.45) is 4.99 Å². The first-order valence-electron chi connectivity index (χ1n) is 10.4. The number of hydrogen-bond donors (Lipinski definition) is 3. The van der Waals surface area contributed by atoms with Gasteiger partial charge in [0.05, 0.1) is 6.61 Å². The first-order chi connectivity index (χ1) is 14.7. The molecule has 1 amide bonds. The van der Waals surface area contributed by atoms with Crippen LogP contribution < -0.4 is 20.7 Å². The van der Waals surface area contributed by atoms with Gasteiger partial charge in [0.15, 0.2) is 5.96 Å². The molecule has 0 radical (unpaired) electrons. The van der Waals surface area contributed by atoms with E-state index in [4.69, 9.17) is 9.47 Å². The number of carbonyl (C=O) groups is 1. The molecule has 30 heavy (non-hydrogen) atoms. The van der Waals surface area contributed by atoms with E-state index in [-0.39, 0.29) is 12.0 Å². The second kappa shape index (κ2) is 11.8. The Morgan fingerprint density at radius 3 is 2.80 bits per heavy atom. The number of rotatable bonds is 9. The first-order valence-corrected chi connectivity index (χ1v) is 10.4. The number of para-hydroxylation sites is 1. The van der Waals surface area contributed by atoms with Crippen molar-refractivity contribution in [1.29, 1.82) is 0 Å². The van der Waals surface area contributed by atoms with E-state index in [0.29, 0.717) is 19.8 Å². The minimum absolute atomic E-state index is 0.0761. The number of benzene rings is 2. The molecule has 0 aromatic heterocycles. The topological polar surface area (TPSA) is 84.0 Å². The molecule has 7 nitrogen and oxygen atoms in total. The third-order valence-electron chi connectivity index (χ3n) is 4.73. The van der Waals surface area contributed by atoms with Gasteiger partial charge in [-0.05, 0) is 49.1 Å². The van der Waals surface area contributed by atoms with Crippen molar-refractivity contribution in [3.63, 3.8) is 0 Å². The maximum atomic E-state index is 12.2. The lowest BCUT2D eigenvalue weighted by Gasteiger charge is -2.14. The monoisotopic (exact) mass is 410 g/mol. The molecule has 0 spiro atoms. The molecular formula is C23H30N4O3. The van der Waals surface area contributed by atoms with Crippen LogP contribution in [0.5, 0.6) is 5.75 Å². The molecule has 1 unspecified atom stereocenters. The zero-order valence-electron chi connectivity index (χ0n) is 17.4. The summed E-state index contributed by atoms with van der Waals surface area (Å²) in [6.07, 6.45) is 2.25. The van der Waals surface area contributed by atoms with Gasteiger partial charge in [-0.25, -0.2) is 0 Å². The normalized spacial score (nSPS) is 16.2. The van der Waals surface area contributed by atoms with Gasteiger partial charge < -0.3 is 25.4 Å². The number of guanidine groups is 1. The molecule has 0 aliphatic carbocycles. The third kappa shape index (κ3) is 7.08. The molecule has 1 aliphatic rings. The van der Waals surface area contributed by atoms with Gasteiger partial charge in [0.1, 0.15) is 11.9 Å². The molecule has 2 aromatic carbocycles. The van der Waals surface area contributed by atoms with Crippen LogP contribution in [-0.2, 0) is 16.1 Å². The van der Waals surface area contributed by atoms with E-state index < -0.39 is 0 Å². The average Bonchev–Trinajstić information content (AvgIpc) is 3.32. The van der Waals surface area contributed by atoms with Crippen molar-refractivity contribution in [3.05, 3.63) is 60.2 Å². The molecule has 1 heterocycles. The molecule has 0 saturated carbocycles. The minimum Gasteiger partial charge on any atom is -0.494 e. The highest BCUT2D eigenvalue weighted by molar-refractivity contribution is 5.94. The standard InChI is InChI=1S/C23H30N4O3/c1-24-23(25-13-7-15-29-20-10-3-2-4-11-20)26-17-18-8-5-9-19(16-18)27-22(28)21-12-6-14-30-21/h2-5,8-11,16,21H,6-7,12-15,17H2,1H3,(H,27,28)(H2,24,25,26). The zero-order valence-corrected chi connectivity index (χ0v) is 17.4. The Bertz CT molecular complexity index is 820. The Morgan fingerprint density at radius 2 is 2.03 bits per heavy atom. The van der Waals surface area contributed by atoms with Crippen LogP contribution in [0.3, 0.4) is 0 Å². The van der Waals surface area contributed by atoms with Crippen LogP contribution in [0.25, 0.3) is 0 Å². The van der Waals surface area contributed by atoms with Gasteiger partial charge in [-0.2, -0.15) is 0 Å². The fourth-order valence-electron chi connectivity index (χ4n) is 3.16. The number of carbonyl (C=O) groups excluding carboxylic acids is 1. The Labute approximate surface area is 177 Å². The predicted molar refractivity (Wildman–Crippen MR) is 119 cm³/mol. The van der Waals surface area contributed by atoms with Gasteiger partial charge in [0.2, 0.25) is 0 Å². The van der Waals surface area contributed by atoms with E-state index in [2.05, 4.69) is 20.9 Å². The van der Waals surface area contributed by atoms with Crippen molar-refractivity contribution in [2.75, 3.05) is 32.1 Å². The van der Waals surface area contributed by atoms with E-state index in [1.165, 1.54) is 0 Å². The van der Waals surface area contributed by atoms with Gasteiger partial charge in [-0.15, -0.1) is 0 Å². The maximum absolute atomic E-state index is 12.2. The van der Waals surface area contributed by atoms with Crippen LogP contribution in [0.4, 0.5) is 5.69 Å². The van der Waals surface area contributed by atoms with Crippen LogP contribution in [0.15, 0.2) is 59.6 Å². The van der Waals surface area contributed by atoms with Crippen LogP contribution in [0, 0.1) is 0 Å². The van der Waals surface area contributed by atoms with E-state index in [9.17, 15) is 4.79 Å². The second-order valence-corrected chi connectivity index (χ2v) is 7.06. The summed E-state index contributed by atoms with van der Waals surface area (Å²) in [6, 6.07) is 17.6. The van der Waals surface area contributed by atoms with Gasteiger partial charge in [0.25, 0.3) is 5.91 Å². The Balaban J connectivity index is 1.37. The number of amides is 1. The van der Waals surface area contributed by atoms with Crippen LogP contribution in [-0.4, -0.2) is 44.8 Å². The summed E-state index contributed by atoms with van der Waals surface area (Å²) in [5.41, 5.74) is 1.83. The van der Waals surface area contributed by atoms with Crippen molar-refractivity contribution in [2.45, 2.75) is 31.9 Å². The SMILES string of the molecule is CN=C(NCCCOc1ccccc1)NCc1cccc(NC(=O)C2CCCO2)c1. The average molecular weight is 411 g/mol. The lowest BCUT2D eigenvalue weighted by atomic mass is 10.2. The van der Waals surface area contributed by atoms with Crippen molar-refractivity contribution in [3.8, 4) is 5.75 Å². The second-order valence-electron chi connectivity index (χ2n) is 7.06. The van der Waals surface area contributed by atoms with Gasteiger partial charge in [-0.1, -0.05) is 30.3 Å².